The van der Waals surface area contributed by atoms with Gasteiger partial charge in [-0.3, -0.25) is 9.59 Å². The number of aliphatic carboxylic acids is 1. The summed E-state index contributed by atoms with van der Waals surface area (Å²) in [6, 6.07) is -0.0179. The van der Waals surface area contributed by atoms with Gasteiger partial charge < -0.3 is 10.4 Å². The van der Waals surface area contributed by atoms with Crippen LogP contribution in [0.1, 0.15) is 39.0 Å². The maximum absolute atomic E-state index is 11.7. The lowest BCUT2D eigenvalue weighted by Gasteiger charge is -2.31. The van der Waals surface area contributed by atoms with E-state index in [4.69, 9.17) is 5.11 Å². The smallest absolute Gasteiger partial charge is 0.303 e. The molecule has 116 valence electrons. The van der Waals surface area contributed by atoms with Crippen molar-refractivity contribution < 1.29 is 23.1 Å². The maximum Gasteiger partial charge on any atom is 0.303 e. The zero-order valence-electron chi connectivity index (χ0n) is 11.7. The zero-order chi connectivity index (χ0) is 15.2. The quantitative estimate of drug-likeness (QED) is 0.698. The Labute approximate surface area is 119 Å². The van der Waals surface area contributed by atoms with Crippen LogP contribution in [0, 0.1) is 0 Å². The SMILES string of the molecule is CCS(=O)(=O)N1CCC(NC(=O)CCCC(=O)O)CC1. The molecule has 1 heterocycles. The molecule has 0 unspecified atom stereocenters. The topological polar surface area (TPSA) is 104 Å². The number of amides is 1. The second-order valence-electron chi connectivity index (χ2n) is 4.89. The molecule has 1 rings (SSSR count). The second-order valence-corrected chi connectivity index (χ2v) is 7.15. The van der Waals surface area contributed by atoms with Gasteiger partial charge in [-0.1, -0.05) is 0 Å². The highest BCUT2D eigenvalue weighted by Gasteiger charge is 2.27. The lowest BCUT2D eigenvalue weighted by Crippen LogP contribution is -2.46. The lowest BCUT2D eigenvalue weighted by atomic mass is 10.1. The standard InChI is InChI=1S/C12H22N2O5S/c1-2-20(18,19)14-8-6-10(7-9-14)13-11(15)4-3-5-12(16)17/h10H,2-9H2,1H3,(H,13,15)(H,16,17). The molecular formula is C12H22N2O5S. The third kappa shape index (κ3) is 5.46. The fraction of sp³-hybridized carbons (Fsp3) is 0.833. The maximum atomic E-state index is 11.7. The van der Waals surface area contributed by atoms with Crippen molar-refractivity contribution >= 4 is 21.9 Å². The minimum atomic E-state index is -3.14. The fourth-order valence-electron chi connectivity index (χ4n) is 2.16. The van der Waals surface area contributed by atoms with Crippen LogP contribution in [0.15, 0.2) is 0 Å². The third-order valence-electron chi connectivity index (χ3n) is 3.37. The van der Waals surface area contributed by atoms with E-state index in [0.29, 0.717) is 32.4 Å². The Morgan fingerprint density at radius 2 is 1.85 bits per heavy atom. The molecule has 0 radical (unpaired) electrons. The normalized spacial score (nSPS) is 17.9. The first-order chi connectivity index (χ1) is 9.35. The summed E-state index contributed by atoms with van der Waals surface area (Å²) in [5, 5.41) is 11.3. The van der Waals surface area contributed by atoms with Crippen molar-refractivity contribution in [1.29, 1.82) is 0 Å². The van der Waals surface area contributed by atoms with Gasteiger partial charge >= 0.3 is 5.97 Å². The minimum absolute atomic E-state index is 0.0133. The Morgan fingerprint density at radius 1 is 1.25 bits per heavy atom. The summed E-state index contributed by atoms with van der Waals surface area (Å²) >= 11 is 0. The Bertz CT molecular complexity index is 441. The van der Waals surface area contributed by atoms with Crippen LogP contribution in [0.2, 0.25) is 0 Å². The van der Waals surface area contributed by atoms with E-state index in [2.05, 4.69) is 5.32 Å². The monoisotopic (exact) mass is 306 g/mol. The predicted octanol–water partition coefficient (Wildman–Crippen LogP) is 0.172. The van der Waals surface area contributed by atoms with E-state index < -0.39 is 16.0 Å². The first-order valence-electron chi connectivity index (χ1n) is 6.84. The van der Waals surface area contributed by atoms with Crippen LogP contribution >= 0.6 is 0 Å². The van der Waals surface area contributed by atoms with Gasteiger partial charge in [0, 0.05) is 32.0 Å². The molecule has 0 aromatic carbocycles. The Balaban J connectivity index is 2.28. The lowest BCUT2D eigenvalue weighted by molar-refractivity contribution is -0.137. The third-order valence-corrected chi connectivity index (χ3v) is 5.25. The zero-order valence-corrected chi connectivity index (χ0v) is 12.5. The van der Waals surface area contributed by atoms with Crippen molar-refractivity contribution in [3.05, 3.63) is 0 Å². The molecule has 20 heavy (non-hydrogen) atoms. The molecule has 1 amide bonds. The van der Waals surface area contributed by atoms with Crippen molar-refractivity contribution in [3.8, 4) is 0 Å². The van der Waals surface area contributed by atoms with Gasteiger partial charge in [-0.05, 0) is 26.2 Å². The number of carboxylic acids is 1. The molecule has 1 aliphatic heterocycles. The van der Waals surface area contributed by atoms with Gasteiger partial charge in [0.2, 0.25) is 15.9 Å². The Hall–Kier alpha value is -1.15. The molecule has 0 aliphatic carbocycles. The van der Waals surface area contributed by atoms with E-state index in [1.165, 1.54) is 4.31 Å². The highest BCUT2D eigenvalue weighted by Crippen LogP contribution is 2.14. The predicted molar refractivity (Wildman–Crippen MR) is 73.7 cm³/mol. The van der Waals surface area contributed by atoms with Gasteiger partial charge in [0.15, 0.2) is 0 Å². The molecule has 1 saturated heterocycles. The summed E-state index contributed by atoms with van der Waals surface area (Å²) < 4.78 is 24.8. The van der Waals surface area contributed by atoms with E-state index in [1.54, 1.807) is 6.92 Å². The average Bonchev–Trinajstić information content (AvgIpc) is 2.39. The second kappa shape index (κ2) is 7.58. The number of rotatable bonds is 7. The van der Waals surface area contributed by atoms with Crippen LogP contribution in [0.25, 0.3) is 0 Å². The van der Waals surface area contributed by atoms with Crippen LogP contribution in [0.5, 0.6) is 0 Å². The van der Waals surface area contributed by atoms with Crippen molar-refractivity contribution in [2.24, 2.45) is 0 Å². The van der Waals surface area contributed by atoms with Gasteiger partial charge in [0.25, 0.3) is 0 Å². The molecule has 0 aromatic rings. The number of hydrogen-bond acceptors (Lipinski definition) is 4. The molecule has 0 bridgehead atoms. The van der Waals surface area contributed by atoms with E-state index in [9.17, 15) is 18.0 Å². The summed E-state index contributed by atoms with van der Waals surface area (Å²) in [6.45, 7) is 2.47. The number of carbonyl (C=O) groups is 2. The molecule has 0 saturated carbocycles. The number of hydrogen-bond donors (Lipinski definition) is 2. The molecule has 1 aliphatic rings. The highest BCUT2D eigenvalue weighted by molar-refractivity contribution is 7.89. The van der Waals surface area contributed by atoms with Gasteiger partial charge in [0.05, 0.1) is 5.75 Å². The minimum Gasteiger partial charge on any atom is -0.481 e. The molecule has 2 N–H and O–H groups in total. The number of sulfonamides is 1. The van der Waals surface area contributed by atoms with E-state index in [-0.39, 0.29) is 30.5 Å². The summed E-state index contributed by atoms with van der Waals surface area (Å²) in [6.07, 6.45) is 1.71. The van der Waals surface area contributed by atoms with Crippen LogP contribution in [0.3, 0.4) is 0 Å². The molecule has 1 fully saturated rings. The summed E-state index contributed by atoms with van der Waals surface area (Å²) in [5.41, 5.74) is 0. The number of carbonyl (C=O) groups excluding carboxylic acids is 1. The molecular weight excluding hydrogens is 284 g/mol. The van der Waals surface area contributed by atoms with Crippen molar-refractivity contribution in [2.75, 3.05) is 18.8 Å². The largest absolute Gasteiger partial charge is 0.481 e. The van der Waals surface area contributed by atoms with Crippen LogP contribution in [-0.4, -0.2) is 54.6 Å². The molecule has 0 spiro atoms. The van der Waals surface area contributed by atoms with Crippen LogP contribution in [0.4, 0.5) is 0 Å². The number of carboxylic acid groups (broad SMARTS) is 1. The van der Waals surface area contributed by atoms with Crippen molar-refractivity contribution in [1.82, 2.24) is 9.62 Å². The van der Waals surface area contributed by atoms with Gasteiger partial charge in [0.1, 0.15) is 0 Å². The van der Waals surface area contributed by atoms with Crippen LogP contribution in [-0.2, 0) is 19.6 Å². The number of piperidine rings is 1. The van der Waals surface area contributed by atoms with Crippen LogP contribution < -0.4 is 5.32 Å². The van der Waals surface area contributed by atoms with Gasteiger partial charge in [-0.25, -0.2) is 12.7 Å². The van der Waals surface area contributed by atoms with Gasteiger partial charge in [-0.2, -0.15) is 0 Å². The summed E-state index contributed by atoms with van der Waals surface area (Å²) in [4.78, 5) is 21.9. The Kier molecular flexibility index (Phi) is 6.41. The molecule has 0 atom stereocenters. The number of nitrogens with one attached hydrogen (secondary N) is 1. The fourth-order valence-corrected chi connectivity index (χ4v) is 3.29. The van der Waals surface area contributed by atoms with E-state index >= 15 is 0 Å². The van der Waals surface area contributed by atoms with E-state index in [0.717, 1.165) is 0 Å². The van der Waals surface area contributed by atoms with Gasteiger partial charge in [-0.15, -0.1) is 0 Å². The highest BCUT2D eigenvalue weighted by atomic mass is 32.2. The molecule has 8 heteroatoms. The summed E-state index contributed by atoms with van der Waals surface area (Å²) in [5.74, 6) is -0.974. The number of nitrogens with zero attached hydrogens (tertiary/aromatic N) is 1. The Morgan fingerprint density at radius 3 is 2.35 bits per heavy atom. The molecule has 7 nitrogen and oxygen atoms in total. The van der Waals surface area contributed by atoms with E-state index in [1.807, 2.05) is 0 Å². The summed E-state index contributed by atoms with van der Waals surface area (Å²) in [7, 11) is -3.14. The first kappa shape index (κ1) is 16.9. The molecule has 0 aromatic heterocycles. The van der Waals surface area contributed by atoms with Crippen molar-refractivity contribution in [2.45, 2.75) is 45.1 Å². The van der Waals surface area contributed by atoms with Crippen molar-refractivity contribution in [3.63, 3.8) is 0 Å². The first-order valence-corrected chi connectivity index (χ1v) is 8.45. The average molecular weight is 306 g/mol.